The first-order chi connectivity index (χ1) is 14.0. The molecule has 0 spiro atoms. The Bertz CT molecular complexity index is 989. The zero-order valence-electron chi connectivity index (χ0n) is 16.6. The zero-order valence-corrected chi connectivity index (χ0v) is 16.6. The first kappa shape index (κ1) is 19.3. The summed E-state index contributed by atoms with van der Waals surface area (Å²) in [5, 5.41) is 3.99. The summed E-state index contributed by atoms with van der Waals surface area (Å²) in [7, 11) is 0. The van der Waals surface area contributed by atoms with Crippen LogP contribution < -0.4 is 0 Å². The van der Waals surface area contributed by atoms with E-state index in [1.807, 2.05) is 29.2 Å². The van der Waals surface area contributed by atoms with Gasteiger partial charge in [-0.3, -0.25) is 4.79 Å². The quantitative estimate of drug-likeness (QED) is 0.625. The Morgan fingerprint density at radius 2 is 1.86 bits per heavy atom. The number of aromatic nitrogens is 2. The molecule has 1 aliphatic heterocycles. The number of carbonyl (C=O) groups excluding carboxylic acids is 1. The van der Waals surface area contributed by atoms with E-state index >= 15 is 0 Å². The van der Waals surface area contributed by atoms with Crippen LogP contribution >= 0.6 is 0 Å². The van der Waals surface area contributed by atoms with Gasteiger partial charge in [0.25, 0.3) is 5.91 Å². The van der Waals surface area contributed by atoms with Gasteiger partial charge in [-0.2, -0.15) is 4.98 Å². The minimum atomic E-state index is -0.331. The lowest BCUT2D eigenvalue weighted by atomic mass is 9.96. The number of benzene rings is 2. The van der Waals surface area contributed by atoms with Crippen LogP contribution in [0.25, 0.3) is 11.4 Å². The van der Waals surface area contributed by atoms with Crippen LogP contribution in [0.5, 0.6) is 0 Å². The first-order valence-electron chi connectivity index (χ1n) is 10.00. The summed E-state index contributed by atoms with van der Waals surface area (Å²) >= 11 is 0. The maximum atomic E-state index is 13.4. The summed E-state index contributed by atoms with van der Waals surface area (Å²) < 4.78 is 18.8. The van der Waals surface area contributed by atoms with Gasteiger partial charge in [0.15, 0.2) is 0 Å². The largest absolute Gasteiger partial charge is 0.339 e. The normalized spacial score (nSPS) is 15.1. The molecule has 1 aliphatic rings. The SMILES string of the molecule is CC(C)c1ccc(C(=O)N2CCC(c3nc(-c4cccc(F)c4)no3)CC2)cc1. The van der Waals surface area contributed by atoms with Crippen molar-refractivity contribution in [1.29, 1.82) is 0 Å². The summed E-state index contributed by atoms with van der Waals surface area (Å²) in [6, 6.07) is 14.0. The molecule has 29 heavy (non-hydrogen) atoms. The number of halogens is 1. The van der Waals surface area contributed by atoms with Crippen molar-refractivity contribution in [2.75, 3.05) is 13.1 Å². The predicted octanol–water partition coefficient (Wildman–Crippen LogP) is 5.02. The zero-order chi connectivity index (χ0) is 20.4. The molecule has 150 valence electrons. The highest BCUT2D eigenvalue weighted by Crippen LogP contribution is 2.29. The molecule has 4 rings (SSSR count). The first-order valence-corrected chi connectivity index (χ1v) is 10.00. The highest BCUT2D eigenvalue weighted by Gasteiger charge is 2.28. The second kappa shape index (κ2) is 8.15. The molecule has 2 heterocycles. The fraction of sp³-hybridized carbons (Fsp3) is 0.348. The van der Waals surface area contributed by atoms with Crippen molar-refractivity contribution in [3.05, 3.63) is 71.4 Å². The van der Waals surface area contributed by atoms with E-state index in [2.05, 4.69) is 24.0 Å². The number of likely N-dealkylation sites (tertiary alicyclic amines) is 1. The Labute approximate surface area is 169 Å². The third-order valence-electron chi connectivity index (χ3n) is 5.48. The van der Waals surface area contributed by atoms with E-state index in [0.29, 0.717) is 36.3 Å². The Morgan fingerprint density at radius 1 is 1.14 bits per heavy atom. The maximum Gasteiger partial charge on any atom is 0.253 e. The molecule has 1 fully saturated rings. The monoisotopic (exact) mass is 393 g/mol. The minimum absolute atomic E-state index is 0.0599. The van der Waals surface area contributed by atoms with E-state index in [-0.39, 0.29) is 17.6 Å². The number of carbonyl (C=O) groups is 1. The number of amides is 1. The van der Waals surface area contributed by atoms with E-state index in [4.69, 9.17) is 4.52 Å². The van der Waals surface area contributed by atoms with Crippen LogP contribution in [-0.4, -0.2) is 34.0 Å². The smallest absolute Gasteiger partial charge is 0.253 e. The molecule has 0 bridgehead atoms. The van der Waals surface area contributed by atoms with E-state index < -0.39 is 0 Å². The van der Waals surface area contributed by atoms with Gasteiger partial charge in [-0.1, -0.05) is 43.3 Å². The summed E-state index contributed by atoms with van der Waals surface area (Å²) in [6.45, 7) is 5.57. The van der Waals surface area contributed by atoms with Gasteiger partial charge in [0, 0.05) is 30.1 Å². The number of rotatable bonds is 4. The van der Waals surface area contributed by atoms with Gasteiger partial charge in [0.05, 0.1) is 0 Å². The van der Waals surface area contributed by atoms with Crippen molar-refractivity contribution in [3.63, 3.8) is 0 Å². The van der Waals surface area contributed by atoms with Gasteiger partial charge >= 0.3 is 0 Å². The maximum absolute atomic E-state index is 13.4. The second-order valence-electron chi connectivity index (χ2n) is 7.81. The van der Waals surface area contributed by atoms with E-state index in [9.17, 15) is 9.18 Å². The third kappa shape index (κ3) is 4.21. The van der Waals surface area contributed by atoms with Gasteiger partial charge in [-0.25, -0.2) is 4.39 Å². The Morgan fingerprint density at radius 3 is 2.52 bits per heavy atom. The van der Waals surface area contributed by atoms with Gasteiger partial charge in [0.2, 0.25) is 11.7 Å². The Kier molecular flexibility index (Phi) is 5.43. The Hall–Kier alpha value is -3.02. The summed E-state index contributed by atoms with van der Waals surface area (Å²) in [4.78, 5) is 19.1. The number of nitrogens with zero attached hydrogens (tertiary/aromatic N) is 3. The van der Waals surface area contributed by atoms with Crippen LogP contribution in [0.15, 0.2) is 53.1 Å². The standard InChI is InChI=1S/C23H24FN3O2/c1-15(2)16-6-8-18(9-7-16)23(28)27-12-10-17(11-13-27)22-25-21(26-29-22)19-4-3-5-20(24)14-19/h3-9,14-15,17H,10-13H2,1-2H3. The molecule has 3 aromatic rings. The molecule has 0 aliphatic carbocycles. The summed E-state index contributed by atoms with van der Waals surface area (Å²) in [6.07, 6.45) is 1.53. The number of hydrogen-bond donors (Lipinski definition) is 0. The van der Waals surface area contributed by atoms with Crippen molar-refractivity contribution in [2.24, 2.45) is 0 Å². The highest BCUT2D eigenvalue weighted by atomic mass is 19.1. The fourth-order valence-electron chi connectivity index (χ4n) is 3.67. The van der Waals surface area contributed by atoms with Crippen molar-refractivity contribution in [2.45, 2.75) is 38.5 Å². The van der Waals surface area contributed by atoms with Crippen molar-refractivity contribution in [1.82, 2.24) is 15.0 Å². The van der Waals surface area contributed by atoms with Crippen molar-refractivity contribution >= 4 is 5.91 Å². The predicted molar refractivity (Wildman–Crippen MR) is 108 cm³/mol. The molecule has 1 saturated heterocycles. The van der Waals surface area contributed by atoms with Gasteiger partial charge < -0.3 is 9.42 Å². The van der Waals surface area contributed by atoms with E-state index in [0.717, 1.165) is 18.4 Å². The lowest BCUT2D eigenvalue weighted by Gasteiger charge is -2.30. The lowest BCUT2D eigenvalue weighted by Crippen LogP contribution is -2.38. The number of hydrogen-bond acceptors (Lipinski definition) is 4. The lowest BCUT2D eigenvalue weighted by molar-refractivity contribution is 0.0704. The molecular weight excluding hydrogens is 369 g/mol. The molecule has 0 saturated carbocycles. The third-order valence-corrected chi connectivity index (χ3v) is 5.48. The van der Waals surface area contributed by atoms with E-state index in [1.165, 1.54) is 17.7 Å². The second-order valence-corrected chi connectivity index (χ2v) is 7.81. The van der Waals surface area contributed by atoms with E-state index in [1.54, 1.807) is 12.1 Å². The molecule has 2 aromatic carbocycles. The Balaban J connectivity index is 1.39. The highest BCUT2D eigenvalue weighted by molar-refractivity contribution is 5.94. The molecule has 0 N–H and O–H groups in total. The van der Waals surface area contributed by atoms with Gasteiger partial charge in [-0.15, -0.1) is 0 Å². The summed E-state index contributed by atoms with van der Waals surface area (Å²) in [5.41, 5.74) is 2.54. The molecule has 6 heteroatoms. The molecule has 0 unspecified atom stereocenters. The van der Waals surface area contributed by atoms with Crippen LogP contribution in [0.2, 0.25) is 0 Å². The topological polar surface area (TPSA) is 59.2 Å². The molecular formula is C23H24FN3O2. The van der Waals surface area contributed by atoms with Gasteiger partial charge in [-0.05, 0) is 48.6 Å². The van der Waals surface area contributed by atoms with Crippen molar-refractivity contribution < 1.29 is 13.7 Å². The average Bonchev–Trinajstić information content (AvgIpc) is 3.24. The number of piperidine rings is 1. The molecule has 0 atom stereocenters. The molecule has 1 aromatic heterocycles. The van der Waals surface area contributed by atoms with Crippen LogP contribution in [0, 0.1) is 5.82 Å². The molecule has 1 amide bonds. The van der Waals surface area contributed by atoms with Gasteiger partial charge in [0.1, 0.15) is 5.82 Å². The molecule has 5 nitrogen and oxygen atoms in total. The minimum Gasteiger partial charge on any atom is -0.339 e. The van der Waals surface area contributed by atoms with Crippen LogP contribution in [0.1, 0.15) is 60.3 Å². The average molecular weight is 393 g/mol. The van der Waals surface area contributed by atoms with Crippen LogP contribution in [-0.2, 0) is 0 Å². The van der Waals surface area contributed by atoms with Crippen molar-refractivity contribution in [3.8, 4) is 11.4 Å². The van der Waals surface area contributed by atoms with Crippen LogP contribution in [0.4, 0.5) is 4.39 Å². The van der Waals surface area contributed by atoms with Crippen LogP contribution in [0.3, 0.4) is 0 Å². The summed E-state index contributed by atoms with van der Waals surface area (Å²) in [5.74, 6) is 1.23. The fourth-order valence-corrected chi connectivity index (χ4v) is 3.67. The molecule has 0 radical (unpaired) electrons.